The molecule has 2 rings (SSSR count). The predicted molar refractivity (Wildman–Crippen MR) is 77.6 cm³/mol. The molecule has 1 unspecified atom stereocenters. The fourth-order valence-corrected chi connectivity index (χ4v) is 2.22. The zero-order chi connectivity index (χ0) is 14.5. The number of nitrogens with zero attached hydrogens (tertiary/aromatic N) is 3. The quantitative estimate of drug-likeness (QED) is 0.904. The van der Waals surface area contributed by atoms with E-state index >= 15 is 0 Å². The van der Waals surface area contributed by atoms with Gasteiger partial charge in [0.2, 0.25) is 0 Å². The van der Waals surface area contributed by atoms with Crippen molar-refractivity contribution in [3.63, 3.8) is 0 Å². The number of nitrogens with two attached hydrogens (primary N) is 1. The van der Waals surface area contributed by atoms with Crippen LogP contribution in [0.3, 0.4) is 0 Å². The zero-order valence-corrected chi connectivity index (χ0v) is 12.1. The summed E-state index contributed by atoms with van der Waals surface area (Å²) in [6.07, 6.45) is 1.62. The van der Waals surface area contributed by atoms with Gasteiger partial charge in [0.05, 0.1) is 24.2 Å². The van der Waals surface area contributed by atoms with E-state index in [0.717, 1.165) is 24.5 Å². The van der Waals surface area contributed by atoms with Crippen molar-refractivity contribution < 1.29 is 9.53 Å². The van der Waals surface area contributed by atoms with Gasteiger partial charge in [-0.2, -0.15) is 0 Å². The van der Waals surface area contributed by atoms with Gasteiger partial charge in [0, 0.05) is 32.2 Å². The average molecular weight is 278 g/mol. The minimum absolute atomic E-state index is 0.0512. The van der Waals surface area contributed by atoms with Crippen LogP contribution in [0.15, 0.2) is 18.3 Å². The highest BCUT2D eigenvalue weighted by atomic mass is 16.6. The molecule has 1 aliphatic heterocycles. The first-order chi connectivity index (χ1) is 9.61. The minimum Gasteiger partial charge on any atom is -0.450 e. The normalized spacial score (nSPS) is 16.9. The van der Waals surface area contributed by atoms with Gasteiger partial charge in [-0.05, 0) is 26.0 Å². The molecule has 6 heteroatoms. The Bertz CT molecular complexity index is 439. The average Bonchev–Trinajstić information content (AvgIpc) is 2.48. The molecular weight excluding hydrogens is 256 g/mol. The van der Waals surface area contributed by atoms with E-state index in [-0.39, 0.29) is 12.1 Å². The molecule has 1 aromatic rings. The third kappa shape index (κ3) is 3.39. The maximum absolute atomic E-state index is 11.6. The lowest BCUT2D eigenvalue weighted by Crippen LogP contribution is -2.49. The van der Waals surface area contributed by atoms with Crippen molar-refractivity contribution in [2.45, 2.75) is 19.9 Å². The van der Waals surface area contributed by atoms with Gasteiger partial charge in [-0.1, -0.05) is 0 Å². The monoisotopic (exact) mass is 278 g/mol. The van der Waals surface area contributed by atoms with E-state index in [1.165, 1.54) is 0 Å². The molecule has 110 valence electrons. The molecule has 20 heavy (non-hydrogen) atoms. The molecule has 6 nitrogen and oxygen atoms in total. The molecule has 1 amide bonds. The summed E-state index contributed by atoms with van der Waals surface area (Å²) in [6, 6.07) is 3.94. The molecular formula is C14H22N4O2. The van der Waals surface area contributed by atoms with Crippen molar-refractivity contribution in [2.24, 2.45) is 5.73 Å². The molecule has 0 bridgehead atoms. The van der Waals surface area contributed by atoms with Gasteiger partial charge in [0.1, 0.15) is 0 Å². The van der Waals surface area contributed by atoms with E-state index in [1.807, 2.05) is 32.2 Å². The SMILES string of the molecule is CCOC(=O)N1CCN(c2ccc(C(C)N)nc2)CC1. The van der Waals surface area contributed by atoms with Crippen LogP contribution in [-0.2, 0) is 4.74 Å². The van der Waals surface area contributed by atoms with Crippen LogP contribution in [0.2, 0.25) is 0 Å². The first-order valence-corrected chi connectivity index (χ1v) is 7.00. The number of hydrogen-bond donors (Lipinski definition) is 1. The summed E-state index contributed by atoms with van der Waals surface area (Å²) in [5.74, 6) is 0. The first-order valence-electron chi connectivity index (χ1n) is 7.00. The summed E-state index contributed by atoms with van der Waals surface area (Å²) in [5.41, 5.74) is 7.74. The highest BCUT2D eigenvalue weighted by Gasteiger charge is 2.22. The molecule has 1 atom stereocenters. The summed E-state index contributed by atoms with van der Waals surface area (Å²) < 4.78 is 5.01. The maximum atomic E-state index is 11.6. The van der Waals surface area contributed by atoms with Crippen molar-refractivity contribution in [3.8, 4) is 0 Å². The fraction of sp³-hybridized carbons (Fsp3) is 0.571. The molecule has 0 aromatic carbocycles. The summed E-state index contributed by atoms with van der Waals surface area (Å²) in [6.45, 7) is 7.08. The number of hydrogen-bond acceptors (Lipinski definition) is 5. The number of carbonyl (C=O) groups is 1. The van der Waals surface area contributed by atoms with Crippen LogP contribution in [0.25, 0.3) is 0 Å². The van der Waals surface area contributed by atoms with E-state index in [1.54, 1.807) is 4.90 Å². The Kier molecular flexibility index (Phi) is 4.79. The molecule has 2 N–H and O–H groups in total. The second kappa shape index (κ2) is 6.56. The van der Waals surface area contributed by atoms with Crippen LogP contribution in [0, 0.1) is 0 Å². The van der Waals surface area contributed by atoms with Gasteiger partial charge in [0.25, 0.3) is 0 Å². The van der Waals surface area contributed by atoms with Crippen molar-refractivity contribution in [1.82, 2.24) is 9.88 Å². The number of anilines is 1. The van der Waals surface area contributed by atoms with E-state index in [9.17, 15) is 4.79 Å². The smallest absolute Gasteiger partial charge is 0.409 e. The third-order valence-corrected chi connectivity index (χ3v) is 3.41. The van der Waals surface area contributed by atoms with Gasteiger partial charge in [-0.3, -0.25) is 4.98 Å². The minimum atomic E-state index is -0.224. The van der Waals surface area contributed by atoms with E-state index < -0.39 is 0 Å². The second-order valence-electron chi connectivity index (χ2n) is 4.90. The van der Waals surface area contributed by atoms with Crippen LogP contribution in [0.4, 0.5) is 10.5 Å². The van der Waals surface area contributed by atoms with Crippen LogP contribution >= 0.6 is 0 Å². The van der Waals surface area contributed by atoms with Crippen molar-refractivity contribution in [1.29, 1.82) is 0 Å². The Morgan fingerprint density at radius 2 is 2.10 bits per heavy atom. The molecule has 0 saturated carbocycles. The number of ether oxygens (including phenoxy) is 1. The molecule has 0 spiro atoms. The summed E-state index contributed by atoms with van der Waals surface area (Å²) in [7, 11) is 0. The van der Waals surface area contributed by atoms with Crippen LogP contribution in [0.1, 0.15) is 25.6 Å². The van der Waals surface area contributed by atoms with Crippen LogP contribution in [0.5, 0.6) is 0 Å². The highest BCUT2D eigenvalue weighted by Crippen LogP contribution is 2.17. The van der Waals surface area contributed by atoms with Gasteiger partial charge in [-0.15, -0.1) is 0 Å². The van der Waals surface area contributed by atoms with Gasteiger partial charge < -0.3 is 20.3 Å². The second-order valence-corrected chi connectivity index (χ2v) is 4.90. The molecule has 2 heterocycles. The predicted octanol–water partition coefficient (Wildman–Crippen LogP) is 1.38. The number of amides is 1. The standard InChI is InChI=1S/C14H22N4O2/c1-3-20-14(19)18-8-6-17(7-9-18)12-4-5-13(11(2)15)16-10-12/h4-5,10-11H,3,6-9,15H2,1-2H3. The van der Waals surface area contributed by atoms with E-state index in [2.05, 4.69) is 9.88 Å². The fourth-order valence-electron chi connectivity index (χ4n) is 2.22. The molecule has 1 saturated heterocycles. The maximum Gasteiger partial charge on any atom is 0.409 e. The Balaban J connectivity index is 1.91. The molecule has 1 aromatic heterocycles. The van der Waals surface area contributed by atoms with Crippen LogP contribution in [-0.4, -0.2) is 48.8 Å². The Hall–Kier alpha value is -1.82. The van der Waals surface area contributed by atoms with Crippen molar-refractivity contribution in [2.75, 3.05) is 37.7 Å². The van der Waals surface area contributed by atoms with E-state index in [4.69, 9.17) is 10.5 Å². The number of pyridine rings is 1. The largest absolute Gasteiger partial charge is 0.450 e. The molecule has 0 radical (unpaired) electrons. The Morgan fingerprint density at radius 1 is 1.40 bits per heavy atom. The van der Waals surface area contributed by atoms with E-state index in [0.29, 0.717) is 19.7 Å². The van der Waals surface area contributed by atoms with Crippen molar-refractivity contribution >= 4 is 11.8 Å². The number of rotatable bonds is 3. The molecule has 0 aliphatic carbocycles. The Labute approximate surface area is 119 Å². The summed E-state index contributed by atoms with van der Waals surface area (Å²) >= 11 is 0. The lowest BCUT2D eigenvalue weighted by molar-refractivity contribution is 0.105. The number of piperazine rings is 1. The van der Waals surface area contributed by atoms with Crippen LogP contribution < -0.4 is 10.6 Å². The Morgan fingerprint density at radius 3 is 2.60 bits per heavy atom. The van der Waals surface area contributed by atoms with Gasteiger partial charge >= 0.3 is 6.09 Å². The number of carbonyl (C=O) groups excluding carboxylic acids is 1. The third-order valence-electron chi connectivity index (χ3n) is 3.41. The first kappa shape index (κ1) is 14.6. The topological polar surface area (TPSA) is 71.7 Å². The highest BCUT2D eigenvalue weighted by molar-refractivity contribution is 5.68. The lowest BCUT2D eigenvalue weighted by Gasteiger charge is -2.35. The van der Waals surface area contributed by atoms with Gasteiger partial charge in [-0.25, -0.2) is 4.79 Å². The lowest BCUT2D eigenvalue weighted by atomic mass is 10.2. The number of aromatic nitrogens is 1. The molecule has 1 aliphatic rings. The van der Waals surface area contributed by atoms with Gasteiger partial charge in [0.15, 0.2) is 0 Å². The molecule has 1 fully saturated rings. The zero-order valence-electron chi connectivity index (χ0n) is 12.1. The van der Waals surface area contributed by atoms with Crippen molar-refractivity contribution in [3.05, 3.63) is 24.0 Å². The summed E-state index contributed by atoms with van der Waals surface area (Å²) in [4.78, 5) is 19.9. The summed E-state index contributed by atoms with van der Waals surface area (Å²) in [5, 5.41) is 0.